The summed E-state index contributed by atoms with van der Waals surface area (Å²) in [4.78, 5) is 2.41. The summed E-state index contributed by atoms with van der Waals surface area (Å²) < 4.78 is 6.91. The monoisotopic (exact) mass is 775 g/mol. The maximum absolute atomic E-state index is 6.91. The average Bonchev–Trinajstić information content (AvgIpc) is 3.95. The summed E-state index contributed by atoms with van der Waals surface area (Å²) in [5.74, 6) is 0. The molecule has 0 saturated heterocycles. The van der Waals surface area contributed by atoms with Gasteiger partial charge >= 0.3 is 0 Å². The van der Waals surface area contributed by atoms with Gasteiger partial charge in [0.15, 0.2) is 0 Å². The Bertz CT molecular complexity index is 3460. The van der Waals surface area contributed by atoms with Crippen molar-refractivity contribution in [2.75, 3.05) is 4.90 Å². The van der Waals surface area contributed by atoms with Crippen LogP contribution in [0.5, 0.6) is 0 Å². The average molecular weight is 776 g/mol. The molecule has 11 aromatic rings. The predicted molar refractivity (Wildman–Crippen MR) is 253 cm³/mol. The van der Waals surface area contributed by atoms with Crippen molar-refractivity contribution in [1.82, 2.24) is 0 Å². The normalized spacial score (nSPS) is 13.0. The summed E-state index contributed by atoms with van der Waals surface area (Å²) in [5.41, 5.74) is 19.8. The van der Waals surface area contributed by atoms with E-state index in [1.165, 1.54) is 66.4 Å². The highest BCUT2D eigenvalue weighted by Gasteiger charge is 2.51. The highest BCUT2D eigenvalue weighted by atomic mass is 16.3. The number of para-hydroxylation sites is 1. The molecule has 0 atom stereocenters. The van der Waals surface area contributed by atoms with Crippen LogP contribution in [0, 0.1) is 0 Å². The molecule has 2 heteroatoms. The first-order valence-corrected chi connectivity index (χ1v) is 21.1. The maximum atomic E-state index is 6.91. The van der Waals surface area contributed by atoms with Gasteiger partial charge in [-0.15, -0.1) is 0 Å². The Balaban J connectivity index is 1.02. The van der Waals surface area contributed by atoms with E-state index < -0.39 is 5.41 Å². The summed E-state index contributed by atoms with van der Waals surface area (Å²) >= 11 is 0. The number of hydrogen-bond acceptors (Lipinski definition) is 2. The summed E-state index contributed by atoms with van der Waals surface area (Å²) in [6, 6.07) is 82.1. The first kappa shape index (κ1) is 34.0. The molecule has 2 nitrogen and oxygen atoms in total. The minimum atomic E-state index is -0.432. The lowest BCUT2D eigenvalue weighted by atomic mass is 9.70. The first-order chi connectivity index (χ1) is 30.3. The van der Waals surface area contributed by atoms with Crippen LogP contribution in [-0.2, 0) is 5.41 Å². The van der Waals surface area contributed by atoms with Crippen molar-refractivity contribution in [2.24, 2.45) is 0 Å². The largest absolute Gasteiger partial charge is 0.455 e. The molecule has 0 aliphatic heterocycles. The van der Waals surface area contributed by atoms with Crippen LogP contribution >= 0.6 is 0 Å². The summed E-state index contributed by atoms with van der Waals surface area (Å²) in [6.07, 6.45) is 0. The summed E-state index contributed by atoms with van der Waals surface area (Å²) in [5, 5.41) is 4.56. The third-order valence-electron chi connectivity index (χ3n) is 13.3. The molecule has 0 fully saturated rings. The van der Waals surface area contributed by atoms with E-state index in [1.54, 1.807) is 0 Å². The molecule has 1 heterocycles. The fourth-order valence-electron chi connectivity index (χ4n) is 10.7. The van der Waals surface area contributed by atoms with Crippen LogP contribution in [0.2, 0.25) is 0 Å². The van der Waals surface area contributed by atoms with Gasteiger partial charge in [0.1, 0.15) is 11.2 Å². The molecule has 0 saturated carbocycles. The molecule has 13 rings (SSSR count). The zero-order chi connectivity index (χ0) is 40.1. The van der Waals surface area contributed by atoms with Gasteiger partial charge in [0, 0.05) is 33.4 Å². The Kier molecular flexibility index (Phi) is 7.26. The fourth-order valence-corrected chi connectivity index (χ4v) is 10.7. The van der Waals surface area contributed by atoms with Crippen molar-refractivity contribution in [3.63, 3.8) is 0 Å². The molecule has 0 N–H and O–H groups in total. The van der Waals surface area contributed by atoms with E-state index in [4.69, 9.17) is 4.42 Å². The van der Waals surface area contributed by atoms with E-state index in [2.05, 4.69) is 229 Å². The van der Waals surface area contributed by atoms with Crippen LogP contribution in [0.3, 0.4) is 0 Å². The van der Waals surface area contributed by atoms with Crippen LogP contribution in [0.4, 0.5) is 17.1 Å². The molecule has 284 valence electrons. The quantitative estimate of drug-likeness (QED) is 0.173. The Labute approximate surface area is 354 Å². The molecule has 2 aliphatic rings. The van der Waals surface area contributed by atoms with Crippen molar-refractivity contribution in [1.29, 1.82) is 0 Å². The standard InChI is InChI=1S/C59H37NO/c1-3-15-38(16-4-1)39-27-29-40(30-28-39)57-45-20-8-7-17-41(45)35-51-50-36-43(32-34-56(50)61-58(51)57)60(42-18-5-2-6-19-42)44-31-33-49-48-23-11-14-26-54(48)59(55(49)37-44)52-24-12-9-21-46(52)47-22-10-13-25-53(47)59/h1-37H. The van der Waals surface area contributed by atoms with E-state index in [9.17, 15) is 0 Å². The van der Waals surface area contributed by atoms with Gasteiger partial charge in [-0.3, -0.25) is 0 Å². The van der Waals surface area contributed by atoms with E-state index >= 15 is 0 Å². The van der Waals surface area contributed by atoms with Crippen molar-refractivity contribution < 1.29 is 4.42 Å². The van der Waals surface area contributed by atoms with Gasteiger partial charge in [0.25, 0.3) is 0 Å². The number of rotatable bonds is 5. The predicted octanol–water partition coefficient (Wildman–Crippen LogP) is 15.9. The molecule has 0 bridgehead atoms. The second kappa shape index (κ2) is 13.0. The van der Waals surface area contributed by atoms with Crippen LogP contribution < -0.4 is 4.90 Å². The molecule has 1 aromatic heterocycles. The maximum Gasteiger partial charge on any atom is 0.143 e. The Morgan fingerprint density at radius 3 is 1.54 bits per heavy atom. The Morgan fingerprint density at radius 2 is 0.852 bits per heavy atom. The highest BCUT2D eigenvalue weighted by Crippen LogP contribution is 2.63. The third kappa shape index (κ3) is 4.85. The van der Waals surface area contributed by atoms with Gasteiger partial charge in [0.05, 0.1) is 5.41 Å². The van der Waals surface area contributed by atoms with E-state index in [-0.39, 0.29) is 0 Å². The van der Waals surface area contributed by atoms with Gasteiger partial charge in [-0.05, 0) is 121 Å². The van der Waals surface area contributed by atoms with Crippen molar-refractivity contribution in [3.05, 3.63) is 247 Å². The number of anilines is 3. The van der Waals surface area contributed by atoms with Gasteiger partial charge in [-0.25, -0.2) is 0 Å². The van der Waals surface area contributed by atoms with Crippen LogP contribution in [0.15, 0.2) is 229 Å². The number of fused-ring (bicyclic) bond motifs is 14. The molecule has 2 aliphatic carbocycles. The van der Waals surface area contributed by atoms with E-state index in [0.717, 1.165) is 50.1 Å². The first-order valence-electron chi connectivity index (χ1n) is 21.1. The zero-order valence-corrected chi connectivity index (χ0v) is 33.2. The lowest BCUT2D eigenvalue weighted by molar-refractivity contribution is 0.670. The van der Waals surface area contributed by atoms with Gasteiger partial charge in [0.2, 0.25) is 0 Å². The summed E-state index contributed by atoms with van der Waals surface area (Å²) in [7, 11) is 0. The van der Waals surface area contributed by atoms with Crippen molar-refractivity contribution >= 4 is 49.8 Å². The topological polar surface area (TPSA) is 16.4 Å². The van der Waals surface area contributed by atoms with E-state index in [1.807, 2.05) is 0 Å². The van der Waals surface area contributed by atoms with Gasteiger partial charge in [-0.1, -0.05) is 176 Å². The van der Waals surface area contributed by atoms with Gasteiger partial charge < -0.3 is 9.32 Å². The molecule has 1 spiro atoms. The highest BCUT2D eigenvalue weighted by molar-refractivity contribution is 6.19. The zero-order valence-electron chi connectivity index (χ0n) is 33.2. The van der Waals surface area contributed by atoms with Gasteiger partial charge in [-0.2, -0.15) is 0 Å². The lowest BCUT2D eigenvalue weighted by Gasteiger charge is -2.32. The molecule has 10 aromatic carbocycles. The van der Waals surface area contributed by atoms with Crippen LogP contribution in [0.1, 0.15) is 22.3 Å². The molecule has 0 radical (unpaired) electrons. The van der Waals surface area contributed by atoms with Crippen molar-refractivity contribution in [3.8, 4) is 44.5 Å². The smallest absolute Gasteiger partial charge is 0.143 e. The molecular formula is C59H37NO. The summed E-state index contributed by atoms with van der Waals surface area (Å²) in [6.45, 7) is 0. The second-order valence-electron chi connectivity index (χ2n) is 16.4. The Morgan fingerprint density at radius 1 is 0.328 bits per heavy atom. The van der Waals surface area contributed by atoms with Crippen LogP contribution in [-0.4, -0.2) is 0 Å². The number of furan rings is 1. The molecular weight excluding hydrogens is 739 g/mol. The SMILES string of the molecule is c1ccc(-c2ccc(-c3c4ccccc4cc4c3oc3ccc(N(c5ccccc5)c5ccc6c(c5)C5(c7ccccc7-c7ccccc75)c5ccccc5-6)cc34)cc2)cc1. The second-order valence-corrected chi connectivity index (χ2v) is 16.4. The van der Waals surface area contributed by atoms with E-state index in [0.29, 0.717) is 0 Å². The lowest BCUT2D eigenvalue weighted by Crippen LogP contribution is -2.26. The fraction of sp³-hybridized carbons (Fsp3) is 0.0169. The number of nitrogens with zero attached hydrogens (tertiary/aromatic N) is 1. The molecule has 61 heavy (non-hydrogen) atoms. The van der Waals surface area contributed by atoms with Crippen LogP contribution in [0.25, 0.3) is 77.2 Å². The number of hydrogen-bond donors (Lipinski definition) is 0. The Hall–Kier alpha value is -7.94. The number of benzene rings is 10. The molecule has 0 amide bonds. The minimum Gasteiger partial charge on any atom is -0.455 e. The minimum absolute atomic E-state index is 0.432. The molecule has 0 unspecified atom stereocenters. The van der Waals surface area contributed by atoms with Crippen molar-refractivity contribution in [2.45, 2.75) is 5.41 Å². The third-order valence-corrected chi connectivity index (χ3v) is 13.3.